The maximum Gasteiger partial charge on any atom is 0.270 e. The Labute approximate surface area is 159 Å². The maximum absolute atomic E-state index is 12.4. The summed E-state index contributed by atoms with van der Waals surface area (Å²) >= 11 is 0. The van der Waals surface area contributed by atoms with Crippen molar-refractivity contribution in [2.75, 3.05) is 25.7 Å². The molecule has 0 bridgehead atoms. The van der Waals surface area contributed by atoms with E-state index in [1.807, 2.05) is 26.0 Å². The summed E-state index contributed by atoms with van der Waals surface area (Å²) in [5, 5.41) is 2.94. The number of methoxy groups -OCH3 is 2. The first kappa shape index (κ1) is 18.9. The summed E-state index contributed by atoms with van der Waals surface area (Å²) < 4.78 is 10.8. The Kier molecular flexibility index (Phi) is 5.78. The van der Waals surface area contributed by atoms with Gasteiger partial charge in [0.2, 0.25) is 5.95 Å². The molecule has 7 heteroatoms. The summed E-state index contributed by atoms with van der Waals surface area (Å²) in [4.78, 5) is 23.3. The van der Waals surface area contributed by atoms with Crippen molar-refractivity contribution in [3.8, 4) is 11.5 Å². The van der Waals surface area contributed by atoms with Gasteiger partial charge in [-0.15, -0.1) is 0 Å². The fourth-order valence-corrected chi connectivity index (χ4v) is 3.08. The van der Waals surface area contributed by atoms with Crippen LogP contribution >= 0.6 is 0 Å². The number of benzene rings is 1. The highest BCUT2D eigenvalue weighted by molar-refractivity contribution is 5.92. The summed E-state index contributed by atoms with van der Waals surface area (Å²) in [5.74, 6) is 1.84. The van der Waals surface area contributed by atoms with Gasteiger partial charge < -0.3 is 19.7 Å². The predicted octanol–water partition coefficient (Wildman–Crippen LogP) is 2.58. The number of hydrogen-bond donors (Lipinski definition) is 1. The second-order valence-electron chi connectivity index (χ2n) is 6.67. The van der Waals surface area contributed by atoms with Gasteiger partial charge in [0, 0.05) is 25.3 Å². The van der Waals surface area contributed by atoms with Crippen molar-refractivity contribution in [1.29, 1.82) is 0 Å². The second-order valence-corrected chi connectivity index (χ2v) is 6.67. The molecule has 0 aliphatic carbocycles. The molecule has 1 aromatic heterocycles. The zero-order chi connectivity index (χ0) is 19.4. The van der Waals surface area contributed by atoms with Crippen molar-refractivity contribution in [2.24, 2.45) is 0 Å². The number of amides is 1. The van der Waals surface area contributed by atoms with Gasteiger partial charge in [-0.05, 0) is 49.1 Å². The summed E-state index contributed by atoms with van der Waals surface area (Å²) in [6, 6.07) is 5.79. The van der Waals surface area contributed by atoms with Gasteiger partial charge in [0.15, 0.2) is 11.5 Å². The van der Waals surface area contributed by atoms with E-state index in [1.54, 1.807) is 26.5 Å². The number of aromatic nitrogens is 2. The molecule has 3 rings (SSSR count). The lowest BCUT2D eigenvalue weighted by Crippen LogP contribution is -2.34. The van der Waals surface area contributed by atoms with Crippen LogP contribution in [0.2, 0.25) is 0 Å². The Morgan fingerprint density at radius 3 is 2.63 bits per heavy atom. The van der Waals surface area contributed by atoms with Crippen LogP contribution in [0.4, 0.5) is 5.95 Å². The number of nitrogens with one attached hydrogen (secondary N) is 1. The van der Waals surface area contributed by atoms with Gasteiger partial charge in [-0.1, -0.05) is 6.92 Å². The van der Waals surface area contributed by atoms with E-state index in [4.69, 9.17) is 9.47 Å². The second kappa shape index (κ2) is 8.24. The van der Waals surface area contributed by atoms with E-state index in [1.165, 1.54) is 5.56 Å². The van der Waals surface area contributed by atoms with Crippen LogP contribution in [-0.4, -0.2) is 42.7 Å². The zero-order valence-corrected chi connectivity index (χ0v) is 16.3. The van der Waals surface area contributed by atoms with Gasteiger partial charge in [-0.3, -0.25) is 4.79 Å². The first-order chi connectivity index (χ1) is 13.0. The SMILES string of the molecule is CCC(C)NC(=O)c1ccnc(N2CCc3cc(OC)c(OC)cc3C2)n1. The zero-order valence-electron chi connectivity index (χ0n) is 16.3. The van der Waals surface area contributed by atoms with Crippen molar-refractivity contribution in [2.45, 2.75) is 39.3 Å². The smallest absolute Gasteiger partial charge is 0.270 e. The third-order valence-corrected chi connectivity index (χ3v) is 4.87. The Balaban J connectivity index is 1.81. The van der Waals surface area contributed by atoms with Crippen LogP contribution in [0.15, 0.2) is 24.4 Å². The van der Waals surface area contributed by atoms with Gasteiger partial charge in [0.05, 0.1) is 14.2 Å². The van der Waals surface area contributed by atoms with Gasteiger partial charge in [0.1, 0.15) is 5.69 Å². The van der Waals surface area contributed by atoms with E-state index in [9.17, 15) is 4.79 Å². The molecule has 1 unspecified atom stereocenters. The van der Waals surface area contributed by atoms with Gasteiger partial charge in [0.25, 0.3) is 5.91 Å². The molecule has 0 fully saturated rings. The molecule has 0 saturated heterocycles. The minimum Gasteiger partial charge on any atom is -0.493 e. The lowest BCUT2D eigenvalue weighted by molar-refractivity contribution is 0.0934. The van der Waals surface area contributed by atoms with Gasteiger partial charge >= 0.3 is 0 Å². The van der Waals surface area contributed by atoms with Crippen LogP contribution in [0.3, 0.4) is 0 Å². The molecule has 1 N–H and O–H groups in total. The van der Waals surface area contributed by atoms with Crippen LogP contribution < -0.4 is 19.7 Å². The number of anilines is 1. The van der Waals surface area contributed by atoms with Crippen LogP contribution in [0.1, 0.15) is 41.9 Å². The Hall–Kier alpha value is -2.83. The van der Waals surface area contributed by atoms with E-state index in [2.05, 4.69) is 20.2 Å². The number of fused-ring (bicyclic) bond motifs is 1. The van der Waals surface area contributed by atoms with Crippen LogP contribution in [0, 0.1) is 0 Å². The number of nitrogens with zero attached hydrogens (tertiary/aromatic N) is 3. The minimum absolute atomic E-state index is 0.111. The van der Waals surface area contributed by atoms with E-state index < -0.39 is 0 Å². The minimum atomic E-state index is -0.170. The number of hydrogen-bond acceptors (Lipinski definition) is 6. The first-order valence-electron chi connectivity index (χ1n) is 9.18. The highest BCUT2D eigenvalue weighted by Crippen LogP contribution is 2.33. The van der Waals surface area contributed by atoms with E-state index in [0.717, 1.165) is 30.7 Å². The summed E-state index contributed by atoms with van der Waals surface area (Å²) in [7, 11) is 3.27. The number of carbonyl (C=O) groups excluding carboxylic acids is 1. The highest BCUT2D eigenvalue weighted by Gasteiger charge is 2.22. The fourth-order valence-electron chi connectivity index (χ4n) is 3.08. The van der Waals surface area contributed by atoms with Crippen LogP contribution in [0.5, 0.6) is 11.5 Å². The van der Waals surface area contributed by atoms with Crippen LogP contribution in [-0.2, 0) is 13.0 Å². The summed E-state index contributed by atoms with van der Waals surface area (Å²) in [6.07, 6.45) is 3.36. The van der Waals surface area contributed by atoms with Crippen molar-refractivity contribution in [3.63, 3.8) is 0 Å². The van der Waals surface area contributed by atoms with E-state index in [0.29, 0.717) is 23.9 Å². The van der Waals surface area contributed by atoms with E-state index >= 15 is 0 Å². The van der Waals surface area contributed by atoms with Crippen molar-refractivity contribution < 1.29 is 14.3 Å². The Bertz CT molecular complexity index is 825. The molecule has 2 heterocycles. The molecule has 2 aromatic rings. The molecule has 0 spiro atoms. The number of ether oxygens (including phenoxy) is 2. The average Bonchev–Trinajstić information content (AvgIpc) is 2.72. The van der Waals surface area contributed by atoms with Crippen molar-refractivity contribution >= 4 is 11.9 Å². The molecule has 144 valence electrons. The number of rotatable bonds is 6. The predicted molar refractivity (Wildman–Crippen MR) is 104 cm³/mol. The van der Waals surface area contributed by atoms with E-state index in [-0.39, 0.29) is 11.9 Å². The van der Waals surface area contributed by atoms with Gasteiger partial charge in [-0.2, -0.15) is 0 Å². The van der Waals surface area contributed by atoms with Crippen molar-refractivity contribution in [3.05, 3.63) is 41.2 Å². The normalized spacial score (nSPS) is 14.3. The fraction of sp³-hybridized carbons (Fsp3) is 0.450. The molecule has 1 aromatic carbocycles. The molecule has 1 aliphatic heterocycles. The number of carbonyl (C=O) groups is 1. The highest BCUT2D eigenvalue weighted by atomic mass is 16.5. The lowest BCUT2D eigenvalue weighted by atomic mass is 9.99. The molecule has 1 amide bonds. The molecular formula is C20H26N4O3. The lowest BCUT2D eigenvalue weighted by Gasteiger charge is -2.29. The molecule has 0 saturated carbocycles. The molecule has 1 aliphatic rings. The van der Waals surface area contributed by atoms with Crippen molar-refractivity contribution in [1.82, 2.24) is 15.3 Å². The molecular weight excluding hydrogens is 344 g/mol. The summed E-state index contributed by atoms with van der Waals surface area (Å²) in [6.45, 7) is 5.44. The largest absolute Gasteiger partial charge is 0.493 e. The maximum atomic E-state index is 12.4. The first-order valence-corrected chi connectivity index (χ1v) is 9.18. The standard InChI is InChI=1S/C20H26N4O3/c1-5-13(2)22-19(25)16-6-8-21-20(23-16)24-9-7-14-10-17(26-3)18(27-4)11-15(14)12-24/h6,8,10-11,13H,5,7,9,12H2,1-4H3,(H,22,25). The Morgan fingerprint density at radius 1 is 1.26 bits per heavy atom. The summed E-state index contributed by atoms with van der Waals surface area (Å²) in [5.41, 5.74) is 2.77. The van der Waals surface area contributed by atoms with Gasteiger partial charge in [-0.25, -0.2) is 9.97 Å². The van der Waals surface area contributed by atoms with Crippen LogP contribution in [0.25, 0.3) is 0 Å². The third kappa shape index (κ3) is 4.13. The molecule has 7 nitrogen and oxygen atoms in total. The topological polar surface area (TPSA) is 76.6 Å². The molecule has 1 atom stereocenters. The molecule has 27 heavy (non-hydrogen) atoms. The molecule has 0 radical (unpaired) electrons. The monoisotopic (exact) mass is 370 g/mol. The quantitative estimate of drug-likeness (QED) is 0.842. The average molecular weight is 370 g/mol. The Morgan fingerprint density at radius 2 is 1.96 bits per heavy atom. The third-order valence-electron chi connectivity index (χ3n) is 4.87.